The summed E-state index contributed by atoms with van der Waals surface area (Å²) in [6, 6.07) is 4.10. The average Bonchev–Trinajstić information content (AvgIpc) is 3.17. The van der Waals surface area contributed by atoms with Crippen molar-refractivity contribution in [1.29, 1.82) is 0 Å². The highest BCUT2D eigenvalue weighted by Crippen LogP contribution is 2.43. The van der Waals surface area contributed by atoms with Gasteiger partial charge >= 0.3 is 0 Å². The number of nitrogens with one attached hydrogen (secondary N) is 2. The van der Waals surface area contributed by atoms with Crippen LogP contribution >= 0.6 is 11.3 Å². The molecule has 1 amide bonds. The maximum Gasteiger partial charge on any atom is 0.263 e. The van der Waals surface area contributed by atoms with Gasteiger partial charge in [0, 0.05) is 44.9 Å². The summed E-state index contributed by atoms with van der Waals surface area (Å²) in [5.41, 5.74) is 4.41. The second-order valence-corrected chi connectivity index (χ2v) is 10.3. The van der Waals surface area contributed by atoms with Crippen molar-refractivity contribution in [2.45, 2.75) is 51.5 Å². The van der Waals surface area contributed by atoms with E-state index in [1.165, 1.54) is 29.7 Å². The molecule has 0 atom stereocenters. The third-order valence-corrected chi connectivity index (χ3v) is 7.77. The third kappa shape index (κ3) is 4.09. The lowest BCUT2D eigenvalue weighted by atomic mass is 9.79. The zero-order chi connectivity index (χ0) is 22.2. The largest absolute Gasteiger partial charge is 0.344 e. The fourth-order valence-corrected chi connectivity index (χ4v) is 6.00. The van der Waals surface area contributed by atoms with E-state index < -0.39 is 0 Å². The van der Waals surface area contributed by atoms with Crippen LogP contribution in [0.4, 0.5) is 11.8 Å². The van der Waals surface area contributed by atoms with Crippen molar-refractivity contribution < 1.29 is 4.79 Å². The SMILES string of the molecule is CC1CCC(c2c(C(=O)N(C)C)sc3cnc(Nc4ccc5c(n4)CCNC5)nc23)CC1. The number of thiophene rings is 1. The number of aromatic nitrogens is 3. The first-order chi connectivity index (χ1) is 15.5. The van der Waals surface area contributed by atoms with E-state index in [-0.39, 0.29) is 5.91 Å². The molecule has 0 spiro atoms. The number of fused-ring (bicyclic) bond motifs is 2. The fourth-order valence-electron chi connectivity index (χ4n) is 4.78. The van der Waals surface area contributed by atoms with Gasteiger partial charge in [-0.25, -0.2) is 15.0 Å². The lowest BCUT2D eigenvalue weighted by Gasteiger charge is -2.27. The summed E-state index contributed by atoms with van der Waals surface area (Å²) >= 11 is 1.52. The van der Waals surface area contributed by atoms with Crippen molar-refractivity contribution in [2.24, 2.45) is 5.92 Å². The Morgan fingerprint density at radius 3 is 2.78 bits per heavy atom. The van der Waals surface area contributed by atoms with Gasteiger partial charge in [0.05, 0.1) is 21.3 Å². The van der Waals surface area contributed by atoms with Crippen LogP contribution in [0.5, 0.6) is 0 Å². The third-order valence-electron chi connectivity index (χ3n) is 6.65. The average molecular weight is 451 g/mol. The summed E-state index contributed by atoms with van der Waals surface area (Å²) in [6.45, 7) is 4.14. The molecule has 0 radical (unpaired) electrons. The van der Waals surface area contributed by atoms with Crippen molar-refractivity contribution in [3.8, 4) is 0 Å². The van der Waals surface area contributed by atoms with Crippen LogP contribution in [0.25, 0.3) is 10.2 Å². The van der Waals surface area contributed by atoms with Gasteiger partial charge in [0.25, 0.3) is 5.91 Å². The lowest BCUT2D eigenvalue weighted by molar-refractivity contribution is 0.0830. The van der Waals surface area contributed by atoms with E-state index in [1.54, 1.807) is 4.90 Å². The summed E-state index contributed by atoms with van der Waals surface area (Å²) in [5, 5.41) is 6.67. The zero-order valence-corrected chi connectivity index (χ0v) is 19.8. The number of nitrogens with zero attached hydrogens (tertiary/aromatic N) is 4. The molecular formula is C24H30N6OS. The number of anilines is 2. The highest BCUT2D eigenvalue weighted by Gasteiger charge is 2.29. The highest BCUT2D eigenvalue weighted by molar-refractivity contribution is 7.21. The molecule has 3 aromatic rings. The minimum absolute atomic E-state index is 0.0566. The Hall–Kier alpha value is -2.58. The molecule has 1 saturated carbocycles. The van der Waals surface area contributed by atoms with E-state index in [0.29, 0.717) is 11.9 Å². The molecule has 3 aromatic heterocycles. The number of carbonyl (C=O) groups excluding carboxylic acids is 1. The molecule has 1 aliphatic heterocycles. The van der Waals surface area contributed by atoms with Crippen molar-refractivity contribution in [1.82, 2.24) is 25.2 Å². The van der Waals surface area contributed by atoms with Gasteiger partial charge in [-0.3, -0.25) is 4.79 Å². The topological polar surface area (TPSA) is 83.0 Å². The van der Waals surface area contributed by atoms with Crippen molar-refractivity contribution >= 4 is 39.2 Å². The fraction of sp³-hybridized carbons (Fsp3) is 0.500. The Morgan fingerprint density at radius 2 is 2.00 bits per heavy atom. The number of carbonyl (C=O) groups is 1. The molecule has 0 unspecified atom stereocenters. The molecule has 0 saturated heterocycles. The lowest BCUT2D eigenvalue weighted by Crippen LogP contribution is -2.24. The van der Waals surface area contributed by atoms with Gasteiger partial charge in [-0.2, -0.15) is 0 Å². The predicted octanol–water partition coefficient (Wildman–Crippen LogP) is 4.47. The first-order valence-corrected chi connectivity index (χ1v) is 12.3. The smallest absolute Gasteiger partial charge is 0.263 e. The van der Waals surface area contributed by atoms with Crippen molar-refractivity contribution in [3.63, 3.8) is 0 Å². The zero-order valence-electron chi connectivity index (χ0n) is 18.9. The summed E-state index contributed by atoms with van der Waals surface area (Å²) in [7, 11) is 3.63. The van der Waals surface area contributed by atoms with Crippen molar-refractivity contribution in [2.75, 3.05) is 26.0 Å². The molecule has 7 nitrogen and oxygen atoms in total. The summed E-state index contributed by atoms with van der Waals surface area (Å²) in [4.78, 5) is 29.7. The molecule has 168 valence electrons. The van der Waals surface area contributed by atoms with Crippen LogP contribution in [0.3, 0.4) is 0 Å². The molecule has 5 rings (SSSR count). The minimum atomic E-state index is 0.0566. The summed E-state index contributed by atoms with van der Waals surface area (Å²) in [5.74, 6) is 2.47. The van der Waals surface area contributed by atoms with Crippen LogP contribution in [-0.4, -0.2) is 46.4 Å². The van der Waals surface area contributed by atoms with Crippen LogP contribution in [0.1, 0.15) is 65.0 Å². The number of amides is 1. The Balaban J connectivity index is 1.52. The Labute approximate surface area is 192 Å². The van der Waals surface area contributed by atoms with Crippen LogP contribution < -0.4 is 10.6 Å². The van der Waals surface area contributed by atoms with E-state index in [4.69, 9.17) is 9.97 Å². The minimum Gasteiger partial charge on any atom is -0.344 e. The van der Waals surface area contributed by atoms with E-state index in [2.05, 4.69) is 28.6 Å². The Kier molecular flexibility index (Phi) is 5.82. The predicted molar refractivity (Wildman–Crippen MR) is 129 cm³/mol. The number of rotatable bonds is 4. The van der Waals surface area contributed by atoms with Gasteiger partial charge in [-0.1, -0.05) is 25.8 Å². The highest BCUT2D eigenvalue weighted by atomic mass is 32.1. The van der Waals surface area contributed by atoms with E-state index >= 15 is 0 Å². The first kappa shape index (κ1) is 21.3. The Morgan fingerprint density at radius 1 is 1.19 bits per heavy atom. The summed E-state index contributed by atoms with van der Waals surface area (Å²) < 4.78 is 0.971. The second kappa shape index (κ2) is 8.75. The van der Waals surface area contributed by atoms with Gasteiger partial charge in [-0.15, -0.1) is 11.3 Å². The molecular weight excluding hydrogens is 420 g/mol. The molecule has 1 fully saturated rings. The van der Waals surface area contributed by atoms with Gasteiger partial charge in [0.15, 0.2) is 0 Å². The molecule has 32 heavy (non-hydrogen) atoms. The number of pyridine rings is 1. The quantitative estimate of drug-likeness (QED) is 0.610. The maximum atomic E-state index is 13.0. The second-order valence-electron chi connectivity index (χ2n) is 9.26. The van der Waals surface area contributed by atoms with E-state index in [9.17, 15) is 4.79 Å². The Bertz CT molecular complexity index is 1150. The summed E-state index contributed by atoms with van der Waals surface area (Å²) in [6.07, 6.45) is 7.37. The standard InChI is InChI=1S/C24H30N6OS/c1-14-4-6-15(7-5-14)20-21-18(32-22(20)23(31)30(2)3)13-26-24(29-21)28-19-9-8-16-12-25-11-10-17(16)27-19/h8-9,13-15,25H,4-7,10-12H2,1-3H3,(H,26,27,28,29). The van der Waals surface area contributed by atoms with Crippen LogP contribution in [0.2, 0.25) is 0 Å². The van der Waals surface area contributed by atoms with Crippen molar-refractivity contribution in [3.05, 3.63) is 40.0 Å². The normalized spacial score (nSPS) is 20.7. The van der Waals surface area contributed by atoms with Gasteiger partial charge in [0.2, 0.25) is 5.95 Å². The van der Waals surface area contributed by atoms with Crippen LogP contribution in [-0.2, 0) is 13.0 Å². The molecule has 1 aliphatic carbocycles. The molecule has 2 aliphatic rings. The molecule has 2 N–H and O–H groups in total. The molecule has 4 heterocycles. The molecule has 0 bridgehead atoms. The van der Waals surface area contributed by atoms with Gasteiger partial charge in [0.1, 0.15) is 5.82 Å². The number of hydrogen-bond acceptors (Lipinski definition) is 7. The number of hydrogen-bond donors (Lipinski definition) is 2. The van der Waals surface area contributed by atoms with E-state index in [1.807, 2.05) is 26.4 Å². The van der Waals surface area contributed by atoms with E-state index in [0.717, 1.165) is 70.4 Å². The maximum absolute atomic E-state index is 13.0. The van der Waals surface area contributed by atoms with Crippen LogP contribution in [0.15, 0.2) is 18.3 Å². The first-order valence-electron chi connectivity index (χ1n) is 11.5. The molecule has 8 heteroatoms. The molecule has 0 aromatic carbocycles. The van der Waals surface area contributed by atoms with Gasteiger partial charge < -0.3 is 15.5 Å². The monoisotopic (exact) mass is 450 g/mol. The van der Waals surface area contributed by atoms with Crippen LogP contribution in [0, 0.1) is 5.92 Å². The van der Waals surface area contributed by atoms with Gasteiger partial charge in [-0.05, 0) is 36.3 Å².